The van der Waals surface area contributed by atoms with Crippen LogP contribution in [0.15, 0.2) is 60.2 Å². The maximum absolute atomic E-state index is 12.9. The van der Waals surface area contributed by atoms with Crippen molar-refractivity contribution in [3.63, 3.8) is 0 Å². The summed E-state index contributed by atoms with van der Waals surface area (Å²) in [6.07, 6.45) is 7.95. The maximum Gasteiger partial charge on any atom is 0.319 e. The third-order valence-corrected chi connectivity index (χ3v) is 4.89. The Labute approximate surface area is 170 Å². The number of halogens is 1. The summed E-state index contributed by atoms with van der Waals surface area (Å²) in [5.74, 6) is -0.538. The van der Waals surface area contributed by atoms with E-state index in [1.54, 1.807) is 36.4 Å². The molecule has 0 atom stereocenters. The zero-order valence-corrected chi connectivity index (χ0v) is 16.3. The van der Waals surface area contributed by atoms with Crippen LogP contribution in [-0.2, 0) is 6.54 Å². The number of benzene rings is 2. The highest BCUT2D eigenvalue weighted by Gasteiger charge is 2.08. The number of hydrogen-bond acceptors (Lipinski definition) is 2. The van der Waals surface area contributed by atoms with E-state index in [2.05, 4.69) is 22.0 Å². The van der Waals surface area contributed by atoms with E-state index in [9.17, 15) is 14.0 Å². The first-order valence-corrected chi connectivity index (χ1v) is 9.95. The van der Waals surface area contributed by atoms with E-state index < -0.39 is 0 Å². The smallest absolute Gasteiger partial charge is 0.319 e. The molecule has 2 aromatic carbocycles. The van der Waals surface area contributed by atoms with Crippen LogP contribution in [-0.4, -0.2) is 18.5 Å². The number of anilines is 1. The lowest BCUT2D eigenvalue weighted by Gasteiger charge is -2.13. The van der Waals surface area contributed by atoms with Gasteiger partial charge in [-0.25, -0.2) is 9.18 Å². The van der Waals surface area contributed by atoms with Crippen LogP contribution in [0, 0.1) is 5.82 Å². The molecule has 0 aromatic heterocycles. The lowest BCUT2D eigenvalue weighted by molar-refractivity contribution is 0.0951. The predicted molar refractivity (Wildman–Crippen MR) is 112 cm³/mol. The van der Waals surface area contributed by atoms with Crippen molar-refractivity contribution in [1.82, 2.24) is 10.6 Å². The summed E-state index contributed by atoms with van der Waals surface area (Å²) in [7, 11) is 0. The van der Waals surface area contributed by atoms with Gasteiger partial charge in [0, 0.05) is 24.3 Å². The van der Waals surface area contributed by atoms with E-state index in [0.29, 0.717) is 24.3 Å². The third kappa shape index (κ3) is 6.75. The fourth-order valence-electron chi connectivity index (χ4n) is 3.24. The Hall–Kier alpha value is -3.15. The molecular formula is C23H26FN3O2. The molecule has 0 radical (unpaired) electrons. The second kappa shape index (κ2) is 10.4. The van der Waals surface area contributed by atoms with Crippen LogP contribution < -0.4 is 16.0 Å². The topological polar surface area (TPSA) is 70.2 Å². The molecule has 1 aliphatic carbocycles. The van der Waals surface area contributed by atoms with Crippen LogP contribution in [0.5, 0.6) is 0 Å². The molecular weight excluding hydrogens is 369 g/mol. The monoisotopic (exact) mass is 395 g/mol. The Balaban J connectivity index is 1.41. The van der Waals surface area contributed by atoms with Gasteiger partial charge in [0.2, 0.25) is 0 Å². The molecule has 0 spiro atoms. The molecule has 3 rings (SSSR count). The van der Waals surface area contributed by atoms with E-state index in [4.69, 9.17) is 0 Å². The molecule has 3 N–H and O–H groups in total. The van der Waals surface area contributed by atoms with Crippen molar-refractivity contribution in [2.75, 3.05) is 11.9 Å². The van der Waals surface area contributed by atoms with E-state index in [1.165, 1.54) is 30.5 Å². The molecule has 29 heavy (non-hydrogen) atoms. The van der Waals surface area contributed by atoms with Crippen molar-refractivity contribution >= 4 is 17.6 Å². The van der Waals surface area contributed by atoms with Gasteiger partial charge in [0.25, 0.3) is 5.91 Å². The summed E-state index contributed by atoms with van der Waals surface area (Å²) in [5.41, 5.74) is 3.35. The molecule has 2 aromatic rings. The Morgan fingerprint density at radius 1 is 0.931 bits per heavy atom. The normalized spacial score (nSPS) is 13.3. The highest BCUT2D eigenvalue weighted by atomic mass is 19.1. The van der Waals surface area contributed by atoms with Crippen LogP contribution in [0.25, 0.3) is 0 Å². The first-order chi connectivity index (χ1) is 14.1. The minimum Gasteiger partial charge on any atom is -0.348 e. The average Bonchev–Trinajstić information content (AvgIpc) is 2.74. The second-order valence-corrected chi connectivity index (χ2v) is 7.13. The molecule has 0 unspecified atom stereocenters. The Bertz CT molecular complexity index is 861. The highest BCUT2D eigenvalue weighted by molar-refractivity contribution is 5.95. The van der Waals surface area contributed by atoms with Crippen molar-refractivity contribution < 1.29 is 14.0 Å². The molecule has 6 heteroatoms. The fourth-order valence-corrected chi connectivity index (χ4v) is 3.24. The van der Waals surface area contributed by atoms with Gasteiger partial charge in [-0.3, -0.25) is 4.79 Å². The van der Waals surface area contributed by atoms with Crippen molar-refractivity contribution in [2.24, 2.45) is 0 Å². The van der Waals surface area contributed by atoms with Gasteiger partial charge in [-0.15, -0.1) is 0 Å². The van der Waals surface area contributed by atoms with Gasteiger partial charge in [0.15, 0.2) is 0 Å². The summed E-state index contributed by atoms with van der Waals surface area (Å²) in [6, 6.07) is 12.4. The maximum atomic E-state index is 12.9. The van der Waals surface area contributed by atoms with E-state index in [1.807, 2.05) is 0 Å². The molecule has 3 amide bonds. The molecule has 1 aliphatic rings. The zero-order valence-electron chi connectivity index (χ0n) is 16.3. The van der Waals surface area contributed by atoms with Crippen LogP contribution in [0.1, 0.15) is 48.0 Å². The summed E-state index contributed by atoms with van der Waals surface area (Å²) in [5, 5.41) is 8.42. The first kappa shape index (κ1) is 20.6. The van der Waals surface area contributed by atoms with Crippen LogP contribution in [0.2, 0.25) is 0 Å². The second-order valence-electron chi connectivity index (χ2n) is 7.13. The lowest BCUT2D eigenvalue weighted by Crippen LogP contribution is -2.29. The minimum atomic E-state index is -0.307. The molecule has 0 aliphatic heterocycles. The van der Waals surface area contributed by atoms with Gasteiger partial charge >= 0.3 is 6.03 Å². The number of hydrogen-bond donors (Lipinski definition) is 3. The minimum absolute atomic E-state index is 0.230. The van der Waals surface area contributed by atoms with Gasteiger partial charge < -0.3 is 16.0 Å². The largest absolute Gasteiger partial charge is 0.348 e. The zero-order chi connectivity index (χ0) is 20.5. The standard InChI is InChI=1S/C23H26FN3O2/c24-20-10-6-18(7-11-20)16-26-22(28)19-8-12-21(13-9-19)27-23(29)25-15-14-17-4-2-1-3-5-17/h4,6-13H,1-3,5,14-16H2,(H,26,28)(H2,25,27,29). The van der Waals surface area contributed by atoms with Crippen molar-refractivity contribution in [3.05, 3.63) is 77.1 Å². The lowest BCUT2D eigenvalue weighted by atomic mass is 9.97. The van der Waals surface area contributed by atoms with Gasteiger partial charge in [-0.2, -0.15) is 0 Å². The van der Waals surface area contributed by atoms with Crippen molar-refractivity contribution in [3.8, 4) is 0 Å². The van der Waals surface area contributed by atoms with Crippen LogP contribution in [0.3, 0.4) is 0 Å². The molecule has 0 saturated carbocycles. The number of nitrogens with one attached hydrogen (secondary N) is 3. The molecule has 0 fully saturated rings. The number of carbonyl (C=O) groups excluding carboxylic acids is 2. The summed E-state index contributed by atoms with van der Waals surface area (Å²) < 4.78 is 12.9. The van der Waals surface area contributed by atoms with Gasteiger partial charge in [0.1, 0.15) is 5.82 Å². The Kier molecular flexibility index (Phi) is 7.39. The van der Waals surface area contributed by atoms with Gasteiger partial charge in [-0.1, -0.05) is 23.8 Å². The average molecular weight is 395 g/mol. The third-order valence-electron chi connectivity index (χ3n) is 4.89. The molecule has 0 heterocycles. The summed E-state index contributed by atoms with van der Waals surface area (Å²) in [6.45, 7) is 0.930. The SMILES string of the molecule is O=C(NCCC1=CCCCC1)Nc1ccc(C(=O)NCc2ccc(F)cc2)cc1. The van der Waals surface area contributed by atoms with E-state index in [0.717, 1.165) is 24.8 Å². The number of allylic oxidation sites excluding steroid dienone is 1. The number of urea groups is 1. The number of carbonyl (C=O) groups is 2. The van der Waals surface area contributed by atoms with E-state index >= 15 is 0 Å². The van der Waals surface area contributed by atoms with Crippen molar-refractivity contribution in [1.29, 1.82) is 0 Å². The Morgan fingerprint density at radius 2 is 1.69 bits per heavy atom. The molecule has 152 valence electrons. The first-order valence-electron chi connectivity index (χ1n) is 9.95. The molecule has 0 saturated heterocycles. The van der Waals surface area contributed by atoms with Crippen LogP contribution in [0.4, 0.5) is 14.9 Å². The summed E-state index contributed by atoms with van der Waals surface area (Å²) >= 11 is 0. The predicted octanol–water partition coefficient (Wildman–Crippen LogP) is 4.77. The fraction of sp³-hybridized carbons (Fsp3) is 0.304. The molecule has 5 nitrogen and oxygen atoms in total. The van der Waals surface area contributed by atoms with Gasteiger partial charge in [0.05, 0.1) is 0 Å². The van der Waals surface area contributed by atoms with Crippen molar-refractivity contribution in [2.45, 2.75) is 38.6 Å². The molecule has 0 bridgehead atoms. The number of amides is 3. The van der Waals surface area contributed by atoms with Crippen LogP contribution >= 0.6 is 0 Å². The van der Waals surface area contributed by atoms with E-state index in [-0.39, 0.29) is 17.8 Å². The quantitative estimate of drug-likeness (QED) is 0.591. The highest BCUT2D eigenvalue weighted by Crippen LogP contribution is 2.19. The number of rotatable bonds is 7. The summed E-state index contributed by atoms with van der Waals surface area (Å²) in [4.78, 5) is 24.2. The Morgan fingerprint density at radius 3 is 2.38 bits per heavy atom. The van der Waals surface area contributed by atoms with Gasteiger partial charge in [-0.05, 0) is 74.1 Å².